The van der Waals surface area contributed by atoms with Crippen LogP contribution < -0.4 is 11.3 Å². The smallest absolute Gasteiger partial charge is 0.276 e. The Balaban J connectivity index is 0.000000121. The molecule has 10 nitrogen and oxygen atoms in total. The lowest BCUT2D eigenvalue weighted by molar-refractivity contribution is 1.15. The molecule has 0 aliphatic carbocycles. The Morgan fingerprint density at radius 3 is 2.05 bits per heavy atom. The summed E-state index contributed by atoms with van der Waals surface area (Å²) in [5.41, 5.74) is 7.45. The Hall–Kier alpha value is -3.30. The minimum Gasteiger partial charge on any atom is -0.382 e. The van der Waals surface area contributed by atoms with Crippen molar-refractivity contribution in [2.45, 2.75) is 0 Å². The summed E-state index contributed by atoms with van der Waals surface area (Å²) in [6.07, 6.45) is 5.69. The lowest BCUT2D eigenvalue weighted by Crippen LogP contribution is -2.05. The van der Waals surface area contributed by atoms with E-state index in [2.05, 4.69) is 39.9 Å². The van der Waals surface area contributed by atoms with Crippen LogP contribution in [-0.2, 0) is 0 Å². The van der Waals surface area contributed by atoms with Gasteiger partial charge in [0.1, 0.15) is 11.8 Å². The second-order valence-electron chi connectivity index (χ2n) is 3.69. The fraction of sp³-hybridized carbons (Fsp3) is 0. The van der Waals surface area contributed by atoms with Crippen molar-refractivity contribution in [1.82, 2.24) is 39.9 Å². The third-order valence-electron chi connectivity index (χ3n) is 2.48. The number of hydrogen-bond donors (Lipinski definition) is 4. The first kappa shape index (κ1) is 11.8. The minimum atomic E-state index is -0.192. The highest BCUT2D eigenvalue weighted by Gasteiger charge is 1.99. The largest absolute Gasteiger partial charge is 0.382 e. The van der Waals surface area contributed by atoms with Crippen LogP contribution in [0.25, 0.3) is 22.3 Å². The second-order valence-corrected chi connectivity index (χ2v) is 3.69. The number of nitrogens with zero attached hydrogens (tertiary/aromatic N) is 5. The Morgan fingerprint density at radius 2 is 1.40 bits per heavy atom. The molecule has 10 heteroatoms. The zero-order valence-corrected chi connectivity index (χ0v) is 10.0. The maximum absolute atomic E-state index is 10.9. The molecule has 0 bridgehead atoms. The Kier molecular flexibility index (Phi) is 2.80. The van der Waals surface area contributed by atoms with Crippen molar-refractivity contribution in [2.75, 3.05) is 5.73 Å². The van der Waals surface area contributed by atoms with Crippen molar-refractivity contribution >= 4 is 28.1 Å². The second kappa shape index (κ2) is 4.76. The molecule has 100 valence electrons. The number of rotatable bonds is 0. The number of aromatic nitrogens is 8. The van der Waals surface area contributed by atoms with Gasteiger partial charge in [0.25, 0.3) is 5.56 Å². The first-order valence-electron chi connectivity index (χ1n) is 5.52. The van der Waals surface area contributed by atoms with Gasteiger partial charge in [-0.05, 0) is 0 Å². The van der Waals surface area contributed by atoms with E-state index >= 15 is 0 Å². The summed E-state index contributed by atoms with van der Waals surface area (Å²) in [4.78, 5) is 37.9. The van der Waals surface area contributed by atoms with Gasteiger partial charge >= 0.3 is 0 Å². The third kappa shape index (κ3) is 2.05. The molecule has 0 radical (unpaired) electrons. The molecule has 0 aliphatic rings. The summed E-state index contributed by atoms with van der Waals surface area (Å²) in [5, 5.41) is 0. The van der Waals surface area contributed by atoms with E-state index in [1.807, 2.05) is 0 Å². The lowest BCUT2D eigenvalue weighted by atomic mass is 10.5. The van der Waals surface area contributed by atoms with Crippen molar-refractivity contribution in [1.29, 1.82) is 0 Å². The summed E-state index contributed by atoms with van der Waals surface area (Å²) in [7, 11) is 0. The lowest BCUT2D eigenvalue weighted by Gasteiger charge is -1.89. The molecule has 4 heterocycles. The van der Waals surface area contributed by atoms with Crippen LogP contribution in [-0.4, -0.2) is 39.9 Å². The van der Waals surface area contributed by atoms with E-state index in [1.54, 1.807) is 0 Å². The maximum atomic E-state index is 10.9. The summed E-state index contributed by atoms with van der Waals surface area (Å²) in [5.74, 6) is 0.433. The average molecular weight is 271 g/mol. The number of aromatic amines is 3. The van der Waals surface area contributed by atoms with Crippen molar-refractivity contribution in [3.8, 4) is 0 Å². The number of H-pyrrole nitrogens is 3. The number of nitrogens with two attached hydrogens (primary N) is 1. The van der Waals surface area contributed by atoms with Gasteiger partial charge in [0, 0.05) is 0 Å². The van der Waals surface area contributed by atoms with E-state index in [4.69, 9.17) is 5.73 Å². The molecule has 4 aromatic rings. The highest BCUT2D eigenvalue weighted by molar-refractivity contribution is 5.80. The van der Waals surface area contributed by atoms with E-state index in [1.165, 1.54) is 25.3 Å². The normalized spacial score (nSPS) is 10.4. The molecule has 0 aliphatic heterocycles. The van der Waals surface area contributed by atoms with Gasteiger partial charge in [0.05, 0.1) is 19.0 Å². The van der Waals surface area contributed by atoms with Crippen molar-refractivity contribution in [3.05, 3.63) is 35.7 Å². The summed E-state index contributed by atoms with van der Waals surface area (Å²) in [6, 6.07) is 0. The van der Waals surface area contributed by atoms with Crippen LogP contribution in [0.3, 0.4) is 0 Å². The molecule has 0 fully saturated rings. The number of hydrogen-bond acceptors (Lipinski definition) is 7. The molecular weight excluding hydrogens is 262 g/mol. The van der Waals surface area contributed by atoms with Crippen LogP contribution in [0, 0.1) is 0 Å². The molecule has 0 saturated carbocycles. The zero-order valence-electron chi connectivity index (χ0n) is 10.0. The number of nitrogen functional groups attached to an aromatic ring is 1. The number of nitrogens with one attached hydrogen (secondary N) is 3. The van der Waals surface area contributed by atoms with Gasteiger partial charge in [-0.2, -0.15) is 0 Å². The van der Waals surface area contributed by atoms with Crippen molar-refractivity contribution in [3.63, 3.8) is 0 Å². The van der Waals surface area contributed by atoms with Gasteiger partial charge in [-0.3, -0.25) is 4.79 Å². The molecular formula is C10H9N9O. The summed E-state index contributed by atoms with van der Waals surface area (Å²) >= 11 is 0. The van der Waals surface area contributed by atoms with Gasteiger partial charge in [0.15, 0.2) is 22.6 Å². The van der Waals surface area contributed by atoms with Crippen LogP contribution in [0.4, 0.5) is 5.82 Å². The highest BCUT2D eigenvalue weighted by atomic mass is 16.1. The van der Waals surface area contributed by atoms with Gasteiger partial charge in [0.2, 0.25) is 0 Å². The SMILES string of the molecule is Nc1ncnc2nc[nH]c12.O=c1[nH]cnc2nc[nH]c12. The van der Waals surface area contributed by atoms with Gasteiger partial charge in [-0.1, -0.05) is 0 Å². The van der Waals surface area contributed by atoms with Gasteiger partial charge < -0.3 is 20.7 Å². The van der Waals surface area contributed by atoms with E-state index in [0.29, 0.717) is 28.1 Å². The van der Waals surface area contributed by atoms with Crippen molar-refractivity contribution in [2.24, 2.45) is 0 Å². The van der Waals surface area contributed by atoms with Crippen LogP contribution in [0.2, 0.25) is 0 Å². The van der Waals surface area contributed by atoms with Gasteiger partial charge in [-0.15, -0.1) is 0 Å². The van der Waals surface area contributed by atoms with Gasteiger partial charge in [-0.25, -0.2) is 24.9 Å². The van der Waals surface area contributed by atoms with Crippen LogP contribution in [0.15, 0.2) is 30.1 Å². The molecule has 0 spiro atoms. The number of anilines is 1. The summed E-state index contributed by atoms with van der Waals surface area (Å²) < 4.78 is 0. The molecule has 0 amide bonds. The predicted octanol–water partition coefficient (Wildman–Crippen LogP) is -0.419. The summed E-state index contributed by atoms with van der Waals surface area (Å²) in [6.45, 7) is 0. The topological polar surface area (TPSA) is 155 Å². The molecule has 0 unspecified atom stereocenters. The average Bonchev–Trinajstić information content (AvgIpc) is 3.08. The first-order valence-corrected chi connectivity index (χ1v) is 5.52. The standard InChI is InChI=1S/C5H5N5.C5H4N4O/c6-4-3-5(9-1-7-3)10-2-8-4;10-5-3-4(7-1-6-3)8-2-9-5/h1-2H,(H3,6,7,8,9,10);1-2H,(H2,6,7,8,9,10). The van der Waals surface area contributed by atoms with E-state index in [-0.39, 0.29) is 5.56 Å². The molecule has 20 heavy (non-hydrogen) atoms. The van der Waals surface area contributed by atoms with Crippen LogP contribution >= 0.6 is 0 Å². The number of imidazole rings is 2. The molecule has 5 N–H and O–H groups in total. The first-order chi connectivity index (χ1) is 9.75. The van der Waals surface area contributed by atoms with E-state index in [0.717, 1.165) is 0 Å². The fourth-order valence-electron chi connectivity index (χ4n) is 1.56. The Bertz CT molecular complexity index is 905. The Labute approximate surface area is 110 Å². The maximum Gasteiger partial charge on any atom is 0.276 e. The molecule has 4 rings (SSSR count). The monoisotopic (exact) mass is 271 g/mol. The number of fused-ring (bicyclic) bond motifs is 2. The molecule has 0 saturated heterocycles. The molecule has 0 aromatic carbocycles. The van der Waals surface area contributed by atoms with E-state index < -0.39 is 0 Å². The zero-order chi connectivity index (χ0) is 13.9. The molecule has 0 atom stereocenters. The van der Waals surface area contributed by atoms with Crippen molar-refractivity contribution < 1.29 is 0 Å². The quantitative estimate of drug-likeness (QED) is 0.338. The predicted molar refractivity (Wildman–Crippen MR) is 70.6 cm³/mol. The Morgan fingerprint density at radius 1 is 0.800 bits per heavy atom. The highest BCUT2D eigenvalue weighted by Crippen LogP contribution is 2.09. The third-order valence-corrected chi connectivity index (χ3v) is 2.48. The van der Waals surface area contributed by atoms with E-state index in [9.17, 15) is 4.79 Å². The molecule has 4 aromatic heterocycles. The van der Waals surface area contributed by atoms with Crippen LogP contribution in [0.1, 0.15) is 0 Å². The minimum absolute atomic E-state index is 0.192. The van der Waals surface area contributed by atoms with Crippen LogP contribution in [0.5, 0.6) is 0 Å². The fourth-order valence-corrected chi connectivity index (χ4v) is 1.56.